The predicted molar refractivity (Wildman–Crippen MR) is 53.5 cm³/mol. The molecule has 0 aliphatic carbocycles. The van der Waals surface area contributed by atoms with Gasteiger partial charge in [-0.05, 0) is 13.8 Å². The van der Waals surface area contributed by atoms with E-state index in [0.717, 1.165) is 19.2 Å². The standard InChI is InChI=1S/C11H12F2O3/c1-6(2)16-7-4-8(12)10(9(13)5-7)11(14)15-3/h4-6H,1-3H3. The molecule has 0 N–H and O–H groups in total. The van der Waals surface area contributed by atoms with Crippen LogP contribution < -0.4 is 4.74 Å². The first-order chi connectivity index (χ1) is 7.45. The molecule has 16 heavy (non-hydrogen) atoms. The van der Waals surface area contributed by atoms with Crippen LogP contribution in [0.25, 0.3) is 0 Å². The average Bonchev–Trinajstić information content (AvgIpc) is 2.15. The molecule has 0 saturated carbocycles. The maximum absolute atomic E-state index is 13.4. The Morgan fingerprint density at radius 1 is 1.25 bits per heavy atom. The van der Waals surface area contributed by atoms with Crippen molar-refractivity contribution in [1.82, 2.24) is 0 Å². The molecule has 5 heteroatoms. The Balaban J connectivity index is 3.12. The quantitative estimate of drug-likeness (QED) is 0.748. The van der Waals surface area contributed by atoms with E-state index in [2.05, 4.69) is 4.74 Å². The van der Waals surface area contributed by atoms with Crippen LogP contribution in [0.15, 0.2) is 12.1 Å². The Kier molecular flexibility index (Phi) is 3.82. The molecule has 0 unspecified atom stereocenters. The molecule has 88 valence electrons. The van der Waals surface area contributed by atoms with E-state index in [1.165, 1.54) is 0 Å². The highest BCUT2D eigenvalue weighted by molar-refractivity contribution is 5.90. The van der Waals surface area contributed by atoms with E-state index in [4.69, 9.17) is 4.74 Å². The predicted octanol–water partition coefficient (Wildman–Crippen LogP) is 2.54. The van der Waals surface area contributed by atoms with Gasteiger partial charge in [0, 0.05) is 12.1 Å². The number of halogens is 2. The van der Waals surface area contributed by atoms with E-state index in [9.17, 15) is 13.6 Å². The summed E-state index contributed by atoms with van der Waals surface area (Å²) in [5.74, 6) is -3.01. The lowest BCUT2D eigenvalue weighted by Gasteiger charge is -2.11. The van der Waals surface area contributed by atoms with Gasteiger partial charge < -0.3 is 9.47 Å². The number of methoxy groups -OCH3 is 1. The highest BCUT2D eigenvalue weighted by Crippen LogP contribution is 2.22. The first kappa shape index (κ1) is 12.4. The van der Waals surface area contributed by atoms with Crippen LogP contribution in [0.1, 0.15) is 24.2 Å². The maximum Gasteiger partial charge on any atom is 0.343 e. The lowest BCUT2D eigenvalue weighted by Crippen LogP contribution is -2.10. The second-order valence-electron chi connectivity index (χ2n) is 3.42. The summed E-state index contributed by atoms with van der Waals surface area (Å²) in [6, 6.07) is 1.91. The Morgan fingerprint density at radius 3 is 2.12 bits per heavy atom. The number of hydrogen-bond acceptors (Lipinski definition) is 3. The Bertz CT molecular complexity index is 379. The monoisotopic (exact) mass is 230 g/mol. The average molecular weight is 230 g/mol. The van der Waals surface area contributed by atoms with E-state index in [1.807, 2.05) is 0 Å². The first-order valence-electron chi connectivity index (χ1n) is 4.69. The summed E-state index contributed by atoms with van der Waals surface area (Å²) in [5.41, 5.74) is -0.710. The molecule has 0 radical (unpaired) electrons. The van der Waals surface area contributed by atoms with Crippen LogP contribution in [0.2, 0.25) is 0 Å². The van der Waals surface area contributed by atoms with Crippen LogP contribution in [0.4, 0.5) is 8.78 Å². The fraction of sp³-hybridized carbons (Fsp3) is 0.364. The molecule has 0 aliphatic heterocycles. The molecule has 0 fully saturated rings. The molecular formula is C11H12F2O3. The van der Waals surface area contributed by atoms with Crippen LogP contribution in [0.3, 0.4) is 0 Å². The van der Waals surface area contributed by atoms with Crippen LogP contribution in [-0.2, 0) is 4.74 Å². The summed E-state index contributed by atoms with van der Waals surface area (Å²) < 4.78 is 36.1. The molecule has 0 bridgehead atoms. The van der Waals surface area contributed by atoms with Crippen LogP contribution in [0.5, 0.6) is 5.75 Å². The van der Waals surface area contributed by atoms with Gasteiger partial charge in [0.2, 0.25) is 0 Å². The highest BCUT2D eigenvalue weighted by atomic mass is 19.1. The Morgan fingerprint density at radius 2 is 1.75 bits per heavy atom. The third kappa shape index (κ3) is 2.68. The normalized spacial score (nSPS) is 10.4. The molecule has 0 heterocycles. The molecular weight excluding hydrogens is 218 g/mol. The first-order valence-corrected chi connectivity index (χ1v) is 4.69. The maximum atomic E-state index is 13.4. The van der Waals surface area contributed by atoms with Crippen molar-refractivity contribution in [2.75, 3.05) is 7.11 Å². The Hall–Kier alpha value is -1.65. The smallest absolute Gasteiger partial charge is 0.343 e. The number of benzene rings is 1. The van der Waals surface area contributed by atoms with Crippen molar-refractivity contribution in [2.24, 2.45) is 0 Å². The highest BCUT2D eigenvalue weighted by Gasteiger charge is 2.19. The lowest BCUT2D eigenvalue weighted by atomic mass is 10.2. The van der Waals surface area contributed by atoms with Crippen LogP contribution >= 0.6 is 0 Å². The summed E-state index contributed by atoms with van der Waals surface area (Å²) >= 11 is 0. The number of carbonyl (C=O) groups is 1. The molecule has 0 amide bonds. The van der Waals surface area contributed by atoms with Crippen molar-refractivity contribution in [3.8, 4) is 5.75 Å². The summed E-state index contributed by atoms with van der Waals surface area (Å²) in [6.07, 6.45) is -0.206. The minimum absolute atomic E-state index is 0.0395. The van der Waals surface area contributed by atoms with E-state index >= 15 is 0 Å². The number of hydrogen-bond donors (Lipinski definition) is 0. The second kappa shape index (κ2) is 4.92. The summed E-state index contributed by atoms with van der Waals surface area (Å²) in [5, 5.41) is 0. The minimum Gasteiger partial charge on any atom is -0.491 e. The van der Waals surface area contributed by atoms with E-state index in [0.29, 0.717) is 0 Å². The fourth-order valence-electron chi connectivity index (χ4n) is 1.19. The van der Waals surface area contributed by atoms with Crippen molar-refractivity contribution in [1.29, 1.82) is 0 Å². The number of carbonyl (C=O) groups excluding carboxylic acids is 1. The van der Waals surface area contributed by atoms with Gasteiger partial charge in [-0.15, -0.1) is 0 Å². The zero-order valence-electron chi connectivity index (χ0n) is 9.21. The zero-order chi connectivity index (χ0) is 12.3. The fourth-order valence-corrected chi connectivity index (χ4v) is 1.19. The van der Waals surface area contributed by atoms with Crippen molar-refractivity contribution in [3.63, 3.8) is 0 Å². The summed E-state index contributed by atoms with van der Waals surface area (Å²) in [6.45, 7) is 3.45. The molecule has 1 rings (SSSR count). The minimum atomic E-state index is -1.05. The van der Waals surface area contributed by atoms with Crippen LogP contribution in [0, 0.1) is 11.6 Å². The van der Waals surface area contributed by atoms with Gasteiger partial charge in [0.25, 0.3) is 0 Å². The molecule has 0 aromatic heterocycles. The second-order valence-corrected chi connectivity index (χ2v) is 3.42. The summed E-state index contributed by atoms with van der Waals surface area (Å²) in [7, 11) is 1.06. The molecule has 3 nitrogen and oxygen atoms in total. The summed E-state index contributed by atoms with van der Waals surface area (Å²) in [4.78, 5) is 11.0. The lowest BCUT2D eigenvalue weighted by molar-refractivity contribution is 0.0589. The number of esters is 1. The van der Waals surface area contributed by atoms with Crippen molar-refractivity contribution in [2.45, 2.75) is 20.0 Å². The molecule has 0 saturated heterocycles. The van der Waals surface area contributed by atoms with Gasteiger partial charge in [0.05, 0.1) is 13.2 Å². The van der Waals surface area contributed by atoms with Gasteiger partial charge in [0.15, 0.2) is 0 Å². The van der Waals surface area contributed by atoms with Gasteiger partial charge in [0.1, 0.15) is 22.9 Å². The van der Waals surface area contributed by atoms with Gasteiger partial charge in [-0.1, -0.05) is 0 Å². The molecule has 0 aliphatic rings. The third-order valence-corrected chi connectivity index (χ3v) is 1.78. The van der Waals surface area contributed by atoms with E-state index < -0.39 is 23.2 Å². The van der Waals surface area contributed by atoms with Gasteiger partial charge >= 0.3 is 5.97 Å². The van der Waals surface area contributed by atoms with Gasteiger partial charge in [-0.3, -0.25) is 0 Å². The third-order valence-electron chi connectivity index (χ3n) is 1.78. The topological polar surface area (TPSA) is 35.5 Å². The molecule has 1 aromatic carbocycles. The van der Waals surface area contributed by atoms with Gasteiger partial charge in [-0.25, -0.2) is 13.6 Å². The van der Waals surface area contributed by atoms with Crippen molar-refractivity contribution < 1.29 is 23.0 Å². The van der Waals surface area contributed by atoms with Crippen molar-refractivity contribution in [3.05, 3.63) is 29.3 Å². The van der Waals surface area contributed by atoms with Gasteiger partial charge in [-0.2, -0.15) is 0 Å². The van der Waals surface area contributed by atoms with E-state index in [1.54, 1.807) is 13.8 Å². The van der Waals surface area contributed by atoms with Crippen LogP contribution in [-0.4, -0.2) is 19.2 Å². The van der Waals surface area contributed by atoms with E-state index in [-0.39, 0.29) is 11.9 Å². The number of ether oxygens (including phenoxy) is 2. The largest absolute Gasteiger partial charge is 0.491 e. The number of rotatable bonds is 3. The zero-order valence-corrected chi connectivity index (χ0v) is 9.21. The SMILES string of the molecule is COC(=O)c1c(F)cc(OC(C)C)cc1F. The molecule has 0 spiro atoms. The molecule has 1 aromatic rings. The Labute approximate surface area is 92.0 Å². The van der Waals surface area contributed by atoms with Crippen molar-refractivity contribution >= 4 is 5.97 Å². The molecule has 0 atom stereocenters.